The van der Waals surface area contributed by atoms with Gasteiger partial charge in [-0.15, -0.1) is 10.2 Å². The minimum atomic E-state index is -4.61. The molecule has 44 heavy (non-hydrogen) atoms. The van der Waals surface area contributed by atoms with Crippen molar-refractivity contribution in [1.82, 2.24) is 25.4 Å². The van der Waals surface area contributed by atoms with Gasteiger partial charge in [-0.05, 0) is 78.6 Å². The fourth-order valence-corrected chi connectivity index (χ4v) is 6.30. The number of aryl methyl sites for hydroxylation is 1. The molecule has 0 saturated heterocycles. The van der Waals surface area contributed by atoms with Gasteiger partial charge in [0, 0.05) is 37.3 Å². The van der Waals surface area contributed by atoms with Crippen LogP contribution in [0.1, 0.15) is 78.5 Å². The van der Waals surface area contributed by atoms with Crippen LogP contribution in [0.25, 0.3) is 0 Å². The summed E-state index contributed by atoms with van der Waals surface area (Å²) < 4.78 is 44.6. The first-order valence-corrected chi connectivity index (χ1v) is 14.9. The number of carbonyl (C=O) groups is 2. The van der Waals surface area contributed by atoms with Crippen molar-refractivity contribution < 1.29 is 22.8 Å². The number of hydrogen-bond acceptors (Lipinski definition) is 5. The molecule has 1 saturated carbocycles. The fraction of sp³-hybridized carbons (Fsp3) is 0.455. The molecule has 2 amide bonds. The molecule has 1 aliphatic carbocycles. The standard InChI is InChI=1S/C33H37F3N6O2/c1-21(2)9-10-29(43)38-12-6-11-37-18-23-13-26-27(28(14-23)33(34,35)36)19-42(30(26)44)25-8-5-7-24(15-25)32(16-22(3)17-32)31-40-39-20-41(31)4/h5,7-8,13-15,20-22,37H,6,11-12,16-19H2,1-4H3,(H,38,43). The molecule has 1 aromatic heterocycles. The molecule has 0 bridgehead atoms. The molecule has 3 aromatic rings. The molecule has 0 unspecified atom stereocenters. The van der Waals surface area contributed by atoms with Crippen LogP contribution in [0.2, 0.25) is 0 Å². The van der Waals surface area contributed by atoms with Gasteiger partial charge in [-0.25, -0.2) is 0 Å². The number of nitrogens with zero attached hydrogens (tertiary/aromatic N) is 4. The average Bonchev–Trinajstić information content (AvgIpc) is 3.53. The van der Waals surface area contributed by atoms with E-state index in [1.54, 1.807) is 18.5 Å². The van der Waals surface area contributed by atoms with Crippen LogP contribution in [0.4, 0.5) is 18.9 Å². The molecule has 0 radical (unpaired) electrons. The van der Waals surface area contributed by atoms with Gasteiger partial charge in [-0.1, -0.05) is 38.8 Å². The second-order valence-electron chi connectivity index (χ2n) is 12.2. The zero-order valence-electron chi connectivity index (χ0n) is 25.4. The summed E-state index contributed by atoms with van der Waals surface area (Å²) >= 11 is 0. The zero-order valence-corrected chi connectivity index (χ0v) is 25.4. The third-order valence-electron chi connectivity index (χ3n) is 8.27. The number of alkyl halides is 3. The maximum absolute atomic E-state index is 14.2. The molecule has 1 fully saturated rings. The summed E-state index contributed by atoms with van der Waals surface area (Å²) in [5.41, 5.74) is 0.793. The van der Waals surface area contributed by atoms with Crippen molar-refractivity contribution >= 4 is 17.5 Å². The summed E-state index contributed by atoms with van der Waals surface area (Å²) in [7, 11) is 1.90. The first-order chi connectivity index (χ1) is 20.9. The Morgan fingerprint density at radius 2 is 1.95 bits per heavy atom. The predicted octanol–water partition coefficient (Wildman–Crippen LogP) is 4.97. The number of aromatic nitrogens is 3. The van der Waals surface area contributed by atoms with E-state index in [-0.39, 0.29) is 41.5 Å². The number of carbonyl (C=O) groups excluding carboxylic acids is 2. The lowest BCUT2D eigenvalue weighted by Gasteiger charge is -2.46. The minimum Gasteiger partial charge on any atom is -0.345 e. The Balaban J connectivity index is 1.31. The summed E-state index contributed by atoms with van der Waals surface area (Å²) in [6.45, 7) is 6.81. The van der Waals surface area contributed by atoms with E-state index in [9.17, 15) is 22.8 Å². The molecule has 5 rings (SSSR count). The lowest BCUT2D eigenvalue weighted by atomic mass is 9.58. The smallest absolute Gasteiger partial charge is 0.345 e. The number of benzene rings is 2. The Morgan fingerprint density at radius 3 is 2.61 bits per heavy atom. The summed E-state index contributed by atoms with van der Waals surface area (Å²) in [5.74, 6) is 5.92. The van der Waals surface area contributed by atoms with Gasteiger partial charge in [0.05, 0.1) is 17.5 Å². The van der Waals surface area contributed by atoms with Crippen LogP contribution in [0, 0.1) is 23.7 Å². The van der Waals surface area contributed by atoms with E-state index in [4.69, 9.17) is 0 Å². The third kappa shape index (κ3) is 6.36. The lowest BCUT2D eigenvalue weighted by Crippen LogP contribution is -2.43. The van der Waals surface area contributed by atoms with Crippen LogP contribution in [0.3, 0.4) is 0 Å². The molecule has 0 spiro atoms. The molecule has 0 atom stereocenters. The molecule has 2 aromatic carbocycles. The maximum Gasteiger partial charge on any atom is 0.416 e. The molecule has 232 valence electrons. The summed E-state index contributed by atoms with van der Waals surface area (Å²) in [6, 6.07) is 10.2. The van der Waals surface area contributed by atoms with Crippen LogP contribution >= 0.6 is 0 Å². The average molecular weight is 607 g/mol. The summed E-state index contributed by atoms with van der Waals surface area (Å²) in [5, 5.41) is 14.3. The quantitative estimate of drug-likeness (QED) is 0.265. The van der Waals surface area contributed by atoms with Crippen LogP contribution in [0.15, 0.2) is 42.7 Å². The highest BCUT2D eigenvalue weighted by molar-refractivity contribution is 6.10. The monoisotopic (exact) mass is 606 g/mol. The lowest BCUT2D eigenvalue weighted by molar-refractivity contribution is -0.138. The number of anilines is 1. The number of hydrogen-bond donors (Lipinski definition) is 2. The molecule has 2 aliphatic rings. The SMILES string of the molecule is CC(C)C#CC(=O)NCCCNCc1cc2c(c(C(F)(F)F)c1)CN(c1cccc(C3(c4nncn4C)CC(C)C3)c1)C2=O. The van der Waals surface area contributed by atoms with E-state index in [2.05, 4.69) is 39.6 Å². The van der Waals surface area contributed by atoms with E-state index in [1.165, 1.54) is 4.90 Å². The third-order valence-corrected chi connectivity index (χ3v) is 8.27. The number of nitrogens with one attached hydrogen (secondary N) is 2. The number of rotatable bonds is 9. The van der Waals surface area contributed by atoms with Gasteiger partial charge >= 0.3 is 6.18 Å². The van der Waals surface area contributed by atoms with Gasteiger partial charge in [-0.3, -0.25) is 9.59 Å². The molecule has 8 nitrogen and oxygen atoms in total. The Kier molecular flexibility index (Phi) is 8.84. The van der Waals surface area contributed by atoms with Gasteiger partial charge in [0.15, 0.2) is 0 Å². The van der Waals surface area contributed by atoms with Crippen molar-refractivity contribution in [3.63, 3.8) is 0 Å². The highest BCUT2D eigenvalue weighted by Crippen LogP contribution is 2.52. The van der Waals surface area contributed by atoms with Crippen molar-refractivity contribution in [1.29, 1.82) is 0 Å². The Morgan fingerprint density at radius 1 is 1.18 bits per heavy atom. The number of fused-ring (bicyclic) bond motifs is 1. The van der Waals surface area contributed by atoms with Crippen LogP contribution in [0.5, 0.6) is 0 Å². The zero-order chi connectivity index (χ0) is 31.6. The van der Waals surface area contributed by atoms with E-state index in [0.29, 0.717) is 36.7 Å². The topological polar surface area (TPSA) is 92.2 Å². The molecular weight excluding hydrogens is 569 g/mol. The van der Waals surface area contributed by atoms with Crippen molar-refractivity contribution in [2.24, 2.45) is 18.9 Å². The normalized spacial score (nSPS) is 19.4. The molecule has 2 heterocycles. The van der Waals surface area contributed by atoms with E-state index >= 15 is 0 Å². The van der Waals surface area contributed by atoms with Crippen LogP contribution in [-0.4, -0.2) is 39.7 Å². The maximum atomic E-state index is 14.2. The Bertz CT molecular complexity index is 1610. The fourth-order valence-electron chi connectivity index (χ4n) is 6.30. The number of amides is 2. The second kappa shape index (κ2) is 12.4. The Hall–Kier alpha value is -4.17. The van der Waals surface area contributed by atoms with Gasteiger partial charge in [-0.2, -0.15) is 13.2 Å². The van der Waals surface area contributed by atoms with Crippen molar-refractivity contribution in [2.45, 2.75) is 64.7 Å². The predicted molar refractivity (Wildman–Crippen MR) is 161 cm³/mol. The highest BCUT2D eigenvalue weighted by atomic mass is 19.4. The second-order valence-corrected chi connectivity index (χ2v) is 12.2. The van der Waals surface area contributed by atoms with E-state index in [0.717, 1.165) is 30.3 Å². The summed E-state index contributed by atoms with van der Waals surface area (Å²) in [4.78, 5) is 26.8. The minimum absolute atomic E-state index is 0.0119. The van der Waals surface area contributed by atoms with E-state index < -0.39 is 17.6 Å². The van der Waals surface area contributed by atoms with Crippen molar-refractivity contribution in [2.75, 3.05) is 18.0 Å². The van der Waals surface area contributed by atoms with Crippen molar-refractivity contribution in [3.8, 4) is 11.8 Å². The molecule has 2 N–H and O–H groups in total. The molecule has 11 heteroatoms. The molecular formula is C33H37F3N6O2. The van der Waals surface area contributed by atoms with Crippen LogP contribution in [-0.2, 0) is 36.5 Å². The van der Waals surface area contributed by atoms with Gasteiger partial charge < -0.3 is 20.1 Å². The summed E-state index contributed by atoms with van der Waals surface area (Å²) in [6.07, 6.45) is -0.646. The number of halogens is 3. The van der Waals surface area contributed by atoms with Gasteiger partial charge in [0.1, 0.15) is 12.2 Å². The van der Waals surface area contributed by atoms with Gasteiger partial charge in [0.2, 0.25) is 0 Å². The van der Waals surface area contributed by atoms with Crippen molar-refractivity contribution in [3.05, 3.63) is 76.4 Å². The first kappa shape index (κ1) is 31.3. The Labute approximate surface area is 255 Å². The first-order valence-electron chi connectivity index (χ1n) is 14.9. The largest absolute Gasteiger partial charge is 0.416 e. The van der Waals surface area contributed by atoms with Gasteiger partial charge in [0.25, 0.3) is 11.8 Å². The van der Waals surface area contributed by atoms with Crippen LogP contribution < -0.4 is 15.5 Å². The highest BCUT2D eigenvalue weighted by Gasteiger charge is 2.48. The van der Waals surface area contributed by atoms with E-state index in [1.807, 2.05) is 43.7 Å². The molecule has 1 aliphatic heterocycles.